The van der Waals surface area contributed by atoms with Gasteiger partial charge in [0.15, 0.2) is 0 Å². The molecule has 1 fully saturated rings. The van der Waals surface area contributed by atoms with E-state index in [1.165, 1.54) is 0 Å². The number of carbonyl (C=O) groups excluding carboxylic acids is 1. The number of halogens is 1. The Labute approximate surface area is 131 Å². The fourth-order valence-corrected chi connectivity index (χ4v) is 2.35. The summed E-state index contributed by atoms with van der Waals surface area (Å²) in [6.07, 6.45) is 1.41. The van der Waals surface area contributed by atoms with Gasteiger partial charge in [-0.3, -0.25) is 4.79 Å². The van der Waals surface area contributed by atoms with Crippen LogP contribution in [0.5, 0.6) is 0 Å². The Bertz CT molecular complexity index is 650. The number of hydrogen-bond acceptors (Lipinski definition) is 5. The third kappa shape index (κ3) is 3.44. The van der Waals surface area contributed by atoms with Crippen LogP contribution in [0.4, 0.5) is 0 Å². The molecule has 0 unspecified atom stereocenters. The molecule has 0 atom stereocenters. The van der Waals surface area contributed by atoms with Gasteiger partial charge < -0.3 is 15.2 Å². The van der Waals surface area contributed by atoms with Crippen molar-refractivity contribution in [1.29, 1.82) is 0 Å². The molecule has 7 nitrogen and oxygen atoms in total. The summed E-state index contributed by atoms with van der Waals surface area (Å²) in [6, 6.07) is 7.24. The van der Waals surface area contributed by atoms with Gasteiger partial charge in [-0.2, -0.15) is 0 Å². The van der Waals surface area contributed by atoms with Crippen molar-refractivity contribution < 1.29 is 14.3 Å². The maximum Gasteiger partial charge on any atom is 0.217 e. The van der Waals surface area contributed by atoms with Crippen LogP contribution in [0.15, 0.2) is 30.5 Å². The summed E-state index contributed by atoms with van der Waals surface area (Å²) in [5.74, 6) is -0.371. The van der Waals surface area contributed by atoms with Gasteiger partial charge in [0.25, 0.3) is 0 Å². The number of ether oxygens (including phenoxy) is 2. The van der Waals surface area contributed by atoms with E-state index >= 15 is 0 Å². The van der Waals surface area contributed by atoms with E-state index in [9.17, 15) is 4.79 Å². The monoisotopic (exact) mass is 322 g/mol. The van der Waals surface area contributed by atoms with Gasteiger partial charge in [0, 0.05) is 17.4 Å². The summed E-state index contributed by atoms with van der Waals surface area (Å²) in [4.78, 5) is 10.9. The maximum absolute atomic E-state index is 10.9. The quantitative estimate of drug-likeness (QED) is 0.920. The lowest BCUT2D eigenvalue weighted by Gasteiger charge is -2.27. The average Bonchev–Trinajstić information content (AvgIpc) is 2.98. The summed E-state index contributed by atoms with van der Waals surface area (Å²) in [5.41, 5.74) is 6.58. The highest BCUT2D eigenvalue weighted by molar-refractivity contribution is 6.30. The second-order valence-electron chi connectivity index (χ2n) is 5.10. The lowest BCUT2D eigenvalue weighted by atomic mass is 10.1. The first-order valence-corrected chi connectivity index (χ1v) is 7.19. The van der Waals surface area contributed by atoms with Crippen LogP contribution in [-0.4, -0.2) is 34.1 Å². The van der Waals surface area contributed by atoms with Crippen molar-refractivity contribution in [2.75, 3.05) is 13.2 Å². The number of rotatable bonds is 4. The smallest absolute Gasteiger partial charge is 0.217 e. The van der Waals surface area contributed by atoms with Gasteiger partial charge in [0.1, 0.15) is 5.69 Å². The summed E-state index contributed by atoms with van der Waals surface area (Å²) < 4.78 is 12.8. The predicted molar refractivity (Wildman–Crippen MR) is 78.3 cm³/mol. The summed E-state index contributed by atoms with van der Waals surface area (Å²) in [5, 5.41) is 8.77. The number of carbonyl (C=O) groups is 1. The molecule has 1 aromatic carbocycles. The molecule has 116 valence electrons. The first kappa shape index (κ1) is 15.0. The SMILES string of the molecule is NC(=O)C[C@H]1CO[C@@H](c2cn(-c3ccc(Cl)cc3)nn2)OC1. The number of nitrogens with zero attached hydrogens (tertiary/aromatic N) is 3. The van der Waals surface area contributed by atoms with E-state index in [2.05, 4.69) is 10.3 Å². The molecule has 8 heteroatoms. The van der Waals surface area contributed by atoms with Crippen LogP contribution >= 0.6 is 11.6 Å². The van der Waals surface area contributed by atoms with Crippen molar-refractivity contribution in [2.24, 2.45) is 11.7 Å². The van der Waals surface area contributed by atoms with E-state index in [0.717, 1.165) is 5.69 Å². The molecule has 3 rings (SSSR count). The van der Waals surface area contributed by atoms with Crippen LogP contribution in [-0.2, 0) is 14.3 Å². The van der Waals surface area contributed by atoms with E-state index in [-0.39, 0.29) is 18.2 Å². The zero-order chi connectivity index (χ0) is 15.5. The number of amides is 1. The van der Waals surface area contributed by atoms with Crippen LogP contribution in [0.3, 0.4) is 0 Å². The van der Waals surface area contributed by atoms with Crippen LogP contribution in [0.25, 0.3) is 5.69 Å². The minimum Gasteiger partial charge on any atom is -0.370 e. The minimum atomic E-state index is -0.579. The number of nitrogens with two attached hydrogens (primary N) is 1. The van der Waals surface area contributed by atoms with Crippen molar-refractivity contribution in [1.82, 2.24) is 15.0 Å². The van der Waals surface area contributed by atoms with Crippen molar-refractivity contribution in [2.45, 2.75) is 12.7 Å². The topological polar surface area (TPSA) is 92.3 Å². The fraction of sp³-hybridized carbons (Fsp3) is 0.357. The zero-order valence-electron chi connectivity index (χ0n) is 11.7. The van der Waals surface area contributed by atoms with Crippen LogP contribution in [0.1, 0.15) is 18.4 Å². The number of aromatic nitrogens is 3. The molecule has 2 N–H and O–H groups in total. The summed E-state index contributed by atoms with van der Waals surface area (Å²) in [7, 11) is 0. The summed E-state index contributed by atoms with van der Waals surface area (Å²) in [6.45, 7) is 0.808. The average molecular weight is 323 g/mol. The molecule has 1 aliphatic heterocycles. The van der Waals surface area contributed by atoms with Gasteiger partial charge in [-0.05, 0) is 24.3 Å². The van der Waals surface area contributed by atoms with E-state index < -0.39 is 6.29 Å². The lowest BCUT2D eigenvalue weighted by molar-refractivity contribution is -0.207. The van der Waals surface area contributed by atoms with Gasteiger partial charge in [-0.15, -0.1) is 5.10 Å². The first-order chi connectivity index (χ1) is 10.6. The minimum absolute atomic E-state index is 0.0138. The Morgan fingerprint density at radius 1 is 1.32 bits per heavy atom. The molecule has 2 heterocycles. The first-order valence-electron chi connectivity index (χ1n) is 6.81. The van der Waals surface area contributed by atoms with Gasteiger partial charge in [-0.25, -0.2) is 4.68 Å². The molecule has 22 heavy (non-hydrogen) atoms. The number of benzene rings is 1. The van der Waals surface area contributed by atoms with Gasteiger partial charge in [0.2, 0.25) is 12.2 Å². The molecular formula is C14H15ClN4O3. The lowest BCUT2D eigenvalue weighted by Crippen LogP contribution is -2.30. The van der Waals surface area contributed by atoms with Crippen molar-refractivity contribution in [3.63, 3.8) is 0 Å². The molecule has 0 aliphatic carbocycles. The number of hydrogen-bond donors (Lipinski definition) is 1. The van der Waals surface area contributed by atoms with E-state index in [1.54, 1.807) is 23.0 Å². The highest BCUT2D eigenvalue weighted by Crippen LogP contribution is 2.25. The van der Waals surface area contributed by atoms with E-state index in [0.29, 0.717) is 23.9 Å². The highest BCUT2D eigenvalue weighted by Gasteiger charge is 2.26. The highest BCUT2D eigenvalue weighted by atomic mass is 35.5. The predicted octanol–water partition coefficient (Wildman–Crippen LogP) is 1.46. The molecule has 1 amide bonds. The van der Waals surface area contributed by atoms with Gasteiger partial charge in [0.05, 0.1) is 25.1 Å². The molecule has 0 bridgehead atoms. The third-order valence-electron chi connectivity index (χ3n) is 3.30. The molecule has 1 aliphatic rings. The maximum atomic E-state index is 10.9. The van der Waals surface area contributed by atoms with Crippen molar-refractivity contribution >= 4 is 17.5 Å². The van der Waals surface area contributed by atoms with E-state index in [4.69, 9.17) is 26.8 Å². The van der Waals surface area contributed by atoms with Crippen molar-refractivity contribution in [3.8, 4) is 5.69 Å². The Hall–Kier alpha value is -1.96. The third-order valence-corrected chi connectivity index (χ3v) is 3.55. The van der Waals surface area contributed by atoms with Crippen LogP contribution < -0.4 is 5.73 Å². The zero-order valence-corrected chi connectivity index (χ0v) is 12.4. The Morgan fingerprint density at radius 3 is 2.64 bits per heavy atom. The number of primary amides is 1. The molecule has 0 spiro atoms. The Kier molecular flexibility index (Phi) is 4.37. The Balaban J connectivity index is 1.65. The second-order valence-corrected chi connectivity index (χ2v) is 5.54. The van der Waals surface area contributed by atoms with Crippen LogP contribution in [0, 0.1) is 5.92 Å². The standard InChI is InChI=1S/C14H15ClN4O3/c15-10-1-3-11(4-2-10)19-6-12(17-18-19)14-21-7-9(8-22-14)5-13(16)20/h1-4,6,9,14H,5,7-8H2,(H2,16,20)/t9-,14+. The fourth-order valence-electron chi connectivity index (χ4n) is 2.22. The largest absolute Gasteiger partial charge is 0.370 e. The van der Waals surface area contributed by atoms with Crippen molar-refractivity contribution in [3.05, 3.63) is 41.2 Å². The van der Waals surface area contributed by atoms with E-state index in [1.807, 2.05) is 12.1 Å². The molecule has 1 saturated heterocycles. The molecule has 0 saturated carbocycles. The molecule has 1 aromatic heterocycles. The van der Waals surface area contributed by atoms with Crippen LogP contribution in [0.2, 0.25) is 5.02 Å². The molecular weight excluding hydrogens is 308 g/mol. The Morgan fingerprint density at radius 2 is 2.00 bits per heavy atom. The molecule has 0 radical (unpaired) electrons. The van der Waals surface area contributed by atoms with Gasteiger partial charge >= 0.3 is 0 Å². The van der Waals surface area contributed by atoms with Gasteiger partial charge in [-0.1, -0.05) is 16.8 Å². The molecule has 2 aromatic rings. The normalized spacial score (nSPS) is 21.7. The summed E-state index contributed by atoms with van der Waals surface area (Å²) >= 11 is 5.86. The second kappa shape index (κ2) is 6.43.